The van der Waals surface area contributed by atoms with Crippen LogP contribution in [-0.4, -0.2) is 20.8 Å². The molecule has 0 spiro atoms. The molecule has 4 nitrogen and oxygen atoms in total. The van der Waals surface area contributed by atoms with Crippen molar-refractivity contribution in [2.24, 2.45) is 0 Å². The van der Waals surface area contributed by atoms with E-state index >= 15 is 0 Å². The highest BCUT2D eigenvalue weighted by atomic mass is 79.9. The molecule has 112 valence electrons. The summed E-state index contributed by atoms with van der Waals surface area (Å²) in [5.74, 6) is 0.0566. The van der Waals surface area contributed by atoms with Gasteiger partial charge in [0.05, 0.1) is 5.69 Å². The molecule has 0 atom stereocenters. The lowest BCUT2D eigenvalue weighted by molar-refractivity contribution is 0.102. The first-order chi connectivity index (χ1) is 10.1. The minimum atomic E-state index is -0.133. The van der Waals surface area contributed by atoms with Crippen LogP contribution < -0.4 is 5.32 Å². The van der Waals surface area contributed by atoms with Gasteiger partial charge >= 0.3 is 0 Å². The van der Waals surface area contributed by atoms with Crippen molar-refractivity contribution in [2.75, 3.05) is 10.6 Å². The number of hydrogen-bond donors (Lipinski definition) is 1. The topological polar surface area (TPSA) is 54.9 Å². The summed E-state index contributed by atoms with van der Waals surface area (Å²) in [6, 6.07) is 7.96. The second-order valence-electron chi connectivity index (χ2n) is 5.09. The Morgan fingerprint density at radius 1 is 1.43 bits per heavy atom. The summed E-state index contributed by atoms with van der Waals surface area (Å²) in [5.41, 5.74) is 2.79. The van der Waals surface area contributed by atoms with Crippen LogP contribution in [0.15, 0.2) is 24.3 Å². The van der Waals surface area contributed by atoms with Gasteiger partial charge in [0.1, 0.15) is 4.88 Å². The number of carbonyl (C=O) groups is 1. The number of hydrogen-bond acceptors (Lipinski definition) is 4. The Morgan fingerprint density at radius 2 is 2.24 bits per heavy atom. The lowest BCUT2D eigenvalue weighted by Gasteiger charge is -2.08. The van der Waals surface area contributed by atoms with Gasteiger partial charge in [-0.05, 0) is 48.0 Å². The van der Waals surface area contributed by atoms with Gasteiger partial charge in [0.15, 0.2) is 0 Å². The van der Waals surface area contributed by atoms with Crippen molar-refractivity contribution in [2.45, 2.75) is 32.6 Å². The van der Waals surface area contributed by atoms with Gasteiger partial charge in [0.25, 0.3) is 5.91 Å². The fourth-order valence-corrected chi connectivity index (χ4v) is 2.99. The van der Waals surface area contributed by atoms with Crippen molar-refractivity contribution in [3.63, 3.8) is 0 Å². The van der Waals surface area contributed by atoms with Crippen LogP contribution in [0, 0.1) is 0 Å². The van der Waals surface area contributed by atoms with E-state index in [-0.39, 0.29) is 11.8 Å². The van der Waals surface area contributed by atoms with E-state index in [0.717, 1.165) is 41.1 Å². The lowest BCUT2D eigenvalue weighted by Crippen LogP contribution is -2.13. The van der Waals surface area contributed by atoms with Crippen molar-refractivity contribution >= 4 is 39.1 Å². The number of anilines is 1. The molecule has 1 heterocycles. The maximum Gasteiger partial charge on any atom is 0.269 e. The number of benzene rings is 1. The molecule has 1 N–H and O–H groups in total. The smallest absolute Gasteiger partial charge is 0.269 e. The molecule has 2 rings (SSSR count). The number of aryl methyl sites for hydroxylation is 1. The molecule has 0 saturated heterocycles. The molecule has 0 radical (unpaired) electrons. The fourth-order valence-electron chi connectivity index (χ4n) is 2.00. The molecule has 0 saturated carbocycles. The van der Waals surface area contributed by atoms with Gasteiger partial charge in [-0.25, -0.2) is 0 Å². The normalized spacial score (nSPS) is 10.9. The largest absolute Gasteiger partial charge is 0.321 e. The van der Waals surface area contributed by atoms with Crippen molar-refractivity contribution in [1.82, 2.24) is 9.59 Å². The summed E-state index contributed by atoms with van der Waals surface area (Å²) in [6.45, 7) is 4.02. The zero-order valence-corrected chi connectivity index (χ0v) is 14.5. The molecule has 0 bridgehead atoms. The Bertz CT molecular complexity index is 612. The van der Waals surface area contributed by atoms with Gasteiger partial charge in [-0.3, -0.25) is 4.79 Å². The van der Waals surface area contributed by atoms with Crippen LogP contribution in [0.4, 0.5) is 5.69 Å². The van der Waals surface area contributed by atoms with Crippen LogP contribution in [-0.2, 0) is 6.42 Å². The summed E-state index contributed by atoms with van der Waals surface area (Å²) in [4.78, 5) is 12.9. The Kier molecular flexibility index (Phi) is 5.87. The standard InChI is InChI=1S/C15H18BrN3OS/c1-10(2)13-14(21-19-18-13)15(20)17-12-7-3-5-11(9-12)6-4-8-16/h3,5,7,9-10H,4,6,8H2,1-2H3,(H,17,20). The lowest BCUT2D eigenvalue weighted by atomic mass is 10.1. The molecular weight excluding hydrogens is 350 g/mol. The van der Waals surface area contributed by atoms with Gasteiger partial charge in [0.2, 0.25) is 0 Å². The number of aromatic nitrogens is 2. The molecular formula is C15H18BrN3OS. The highest BCUT2D eigenvalue weighted by molar-refractivity contribution is 9.09. The third-order valence-electron chi connectivity index (χ3n) is 3.05. The average molecular weight is 368 g/mol. The average Bonchev–Trinajstić information content (AvgIpc) is 2.95. The Labute approximate surface area is 137 Å². The van der Waals surface area contributed by atoms with Gasteiger partial charge in [-0.2, -0.15) is 0 Å². The minimum absolute atomic E-state index is 0.133. The molecule has 6 heteroatoms. The Morgan fingerprint density at radius 3 is 2.95 bits per heavy atom. The van der Waals surface area contributed by atoms with E-state index < -0.39 is 0 Å². The highest BCUT2D eigenvalue weighted by Gasteiger charge is 2.18. The molecule has 1 aromatic carbocycles. The van der Waals surface area contributed by atoms with Gasteiger partial charge in [-0.1, -0.05) is 46.4 Å². The maximum atomic E-state index is 12.3. The Balaban J connectivity index is 2.10. The van der Waals surface area contributed by atoms with Gasteiger partial charge in [0, 0.05) is 11.0 Å². The van der Waals surface area contributed by atoms with E-state index in [4.69, 9.17) is 0 Å². The number of alkyl halides is 1. The first kappa shape index (κ1) is 16.1. The van der Waals surface area contributed by atoms with Crippen LogP contribution in [0.5, 0.6) is 0 Å². The molecule has 2 aromatic rings. The quantitative estimate of drug-likeness (QED) is 0.776. The molecule has 0 fully saturated rings. The minimum Gasteiger partial charge on any atom is -0.321 e. The number of carbonyl (C=O) groups excluding carboxylic acids is 1. The second-order valence-corrected chi connectivity index (χ2v) is 6.64. The zero-order chi connectivity index (χ0) is 15.2. The van der Waals surface area contributed by atoms with Crippen molar-refractivity contribution in [3.8, 4) is 0 Å². The molecule has 1 aromatic heterocycles. The third kappa shape index (κ3) is 4.35. The predicted octanol–water partition coefficient (Wildman–Crippen LogP) is 4.24. The highest BCUT2D eigenvalue weighted by Crippen LogP contribution is 2.21. The zero-order valence-electron chi connectivity index (χ0n) is 12.1. The maximum absolute atomic E-state index is 12.3. The van der Waals surface area contributed by atoms with Crippen molar-refractivity contribution in [1.29, 1.82) is 0 Å². The summed E-state index contributed by atoms with van der Waals surface area (Å²) in [5, 5.41) is 7.96. The number of amides is 1. The van der Waals surface area contributed by atoms with Crippen LogP contribution in [0.1, 0.15) is 47.1 Å². The SMILES string of the molecule is CC(C)c1nnsc1C(=O)Nc1cccc(CCCBr)c1. The molecule has 1 amide bonds. The van der Waals surface area contributed by atoms with Crippen LogP contribution in [0.2, 0.25) is 0 Å². The van der Waals surface area contributed by atoms with Gasteiger partial charge in [-0.15, -0.1) is 5.10 Å². The van der Waals surface area contributed by atoms with E-state index in [9.17, 15) is 4.79 Å². The van der Waals surface area contributed by atoms with Crippen LogP contribution in [0.25, 0.3) is 0 Å². The molecule has 0 aliphatic heterocycles. The third-order valence-corrected chi connectivity index (χ3v) is 4.35. The van der Waals surface area contributed by atoms with E-state index in [1.54, 1.807) is 0 Å². The summed E-state index contributed by atoms with van der Waals surface area (Å²) < 4.78 is 3.89. The van der Waals surface area contributed by atoms with E-state index in [2.05, 4.69) is 36.9 Å². The summed E-state index contributed by atoms with van der Waals surface area (Å²) in [6.07, 6.45) is 2.07. The van der Waals surface area contributed by atoms with Gasteiger partial charge < -0.3 is 5.32 Å². The monoisotopic (exact) mass is 367 g/mol. The first-order valence-electron chi connectivity index (χ1n) is 6.90. The molecule has 0 aliphatic rings. The van der Waals surface area contributed by atoms with Crippen LogP contribution >= 0.6 is 27.5 Å². The number of halogens is 1. The molecule has 0 aliphatic carbocycles. The molecule has 0 unspecified atom stereocenters. The van der Waals surface area contributed by atoms with E-state index in [1.165, 1.54) is 5.56 Å². The first-order valence-corrected chi connectivity index (χ1v) is 8.79. The Hall–Kier alpha value is -1.27. The number of nitrogens with one attached hydrogen (secondary N) is 1. The predicted molar refractivity (Wildman–Crippen MR) is 90.5 cm³/mol. The number of nitrogens with zero attached hydrogens (tertiary/aromatic N) is 2. The van der Waals surface area contributed by atoms with Crippen molar-refractivity contribution < 1.29 is 4.79 Å². The van der Waals surface area contributed by atoms with Crippen molar-refractivity contribution in [3.05, 3.63) is 40.4 Å². The van der Waals surface area contributed by atoms with E-state index in [1.807, 2.05) is 32.0 Å². The second kappa shape index (κ2) is 7.66. The summed E-state index contributed by atoms with van der Waals surface area (Å²) in [7, 11) is 0. The molecule has 21 heavy (non-hydrogen) atoms. The number of rotatable bonds is 6. The van der Waals surface area contributed by atoms with E-state index in [0.29, 0.717) is 4.88 Å². The van der Waals surface area contributed by atoms with Crippen LogP contribution in [0.3, 0.4) is 0 Å². The summed E-state index contributed by atoms with van der Waals surface area (Å²) >= 11 is 4.57. The fraction of sp³-hybridized carbons (Fsp3) is 0.400.